The molecule has 0 spiro atoms. The minimum atomic E-state index is -1.37. The molecular weight excluding hydrogens is 246 g/mol. The fourth-order valence-corrected chi connectivity index (χ4v) is 2.19. The minimum absolute atomic E-state index is 0.164. The molecule has 1 unspecified atom stereocenters. The second kappa shape index (κ2) is 5.10. The van der Waals surface area contributed by atoms with Crippen molar-refractivity contribution in [1.82, 2.24) is 0 Å². The first kappa shape index (κ1) is 13.7. The molecule has 0 aliphatic rings. The Labute approximate surface area is 111 Å². The van der Waals surface area contributed by atoms with Crippen molar-refractivity contribution in [3.8, 4) is 0 Å². The van der Waals surface area contributed by atoms with Crippen molar-refractivity contribution >= 4 is 0 Å². The number of hydrogen-bond donors (Lipinski definition) is 1. The summed E-state index contributed by atoms with van der Waals surface area (Å²) in [6.07, 6.45) is 0.164. The summed E-state index contributed by atoms with van der Waals surface area (Å²) >= 11 is 0. The molecular formula is C16H16F2O. The van der Waals surface area contributed by atoms with Crippen LogP contribution in [-0.4, -0.2) is 5.11 Å². The van der Waals surface area contributed by atoms with Crippen molar-refractivity contribution in [2.75, 3.05) is 0 Å². The Kier molecular flexibility index (Phi) is 3.67. The van der Waals surface area contributed by atoms with Gasteiger partial charge in [-0.1, -0.05) is 24.3 Å². The number of aliphatic hydroxyl groups is 1. The molecule has 0 bridgehead atoms. The number of halogens is 2. The molecule has 2 rings (SSSR count). The maximum atomic E-state index is 13.7. The highest BCUT2D eigenvalue weighted by molar-refractivity contribution is 5.31. The average Bonchev–Trinajstić information content (AvgIpc) is 2.34. The summed E-state index contributed by atoms with van der Waals surface area (Å²) < 4.78 is 27.0. The first-order valence-electron chi connectivity index (χ1n) is 6.12. The quantitative estimate of drug-likeness (QED) is 0.893. The van der Waals surface area contributed by atoms with Crippen LogP contribution in [0.1, 0.15) is 23.6 Å². The van der Waals surface area contributed by atoms with Gasteiger partial charge in [-0.25, -0.2) is 8.78 Å². The molecule has 100 valence electrons. The molecule has 1 N–H and O–H groups in total. The Morgan fingerprint density at radius 3 is 2.47 bits per heavy atom. The highest BCUT2D eigenvalue weighted by Gasteiger charge is 2.27. The summed E-state index contributed by atoms with van der Waals surface area (Å²) in [6, 6.07) is 10.5. The van der Waals surface area contributed by atoms with E-state index in [0.29, 0.717) is 5.56 Å². The van der Waals surface area contributed by atoms with Gasteiger partial charge in [0.25, 0.3) is 0 Å². The number of aryl methyl sites for hydroxylation is 1. The lowest BCUT2D eigenvalue weighted by atomic mass is 9.87. The van der Waals surface area contributed by atoms with Crippen LogP contribution >= 0.6 is 0 Å². The van der Waals surface area contributed by atoms with Crippen LogP contribution in [0.15, 0.2) is 42.5 Å². The number of hydrogen-bond acceptors (Lipinski definition) is 1. The van der Waals surface area contributed by atoms with E-state index in [2.05, 4.69) is 0 Å². The van der Waals surface area contributed by atoms with E-state index < -0.39 is 11.4 Å². The third-order valence-electron chi connectivity index (χ3n) is 3.30. The molecule has 0 saturated carbocycles. The van der Waals surface area contributed by atoms with E-state index >= 15 is 0 Å². The van der Waals surface area contributed by atoms with Crippen molar-refractivity contribution in [1.29, 1.82) is 0 Å². The van der Waals surface area contributed by atoms with Crippen molar-refractivity contribution in [2.24, 2.45) is 0 Å². The Bertz CT molecular complexity index is 591. The van der Waals surface area contributed by atoms with E-state index in [4.69, 9.17) is 0 Å². The fourth-order valence-electron chi connectivity index (χ4n) is 2.19. The van der Waals surface area contributed by atoms with Crippen molar-refractivity contribution < 1.29 is 13.9 Å². The van der Waals surface area contributed by atoms with Crippen LogP contribution in [-0.2, 0) is 12.0 Å². The summed E-state index contributed by atoms with van der Waals surface area (Å²) in [5.41, 5.74) is 0.397. The van der Waals surface area contributed by atoms with Crippen molar-refractivity contribution in [2.45, 2.75) is 25.9 Å². The van der Waals surface area contributed by atoms with Crippen LogP contribution < -0.4 is 0 Å². The smallest absolute Gasteiger partial charge is 0.129 e. The van der Waals surface area contributed by atoms with Crippen LogP contribution in [0.5, 0.6) is 0 Å². The zero-order chi connectivity index (χ0) is 14.0. The molecule has 2 aromatic rings. The van der Waals surface area contributed by atoms with E-state index in [-0.39, 0.29) is 17.8 Å². The van der Waals surface area contributed by atoms with E-state index in [1.807, 2.05) is 6.92 Å². The second-order valence-corrected chi connectivity index (χ2v) is 5.00. The van der Waals surface area contributed by atoms with Crippen LogP contribution in [0, 0.1) is 18.6 Å². The highest BCUT2D eigenvalue weighted by Crippen LogP contribution is 2.28. The minimum Gasteiger partial charge on any atom is -0.385 e. The van der Waals surface area contributed by atoms with Gasteiger partial charge in [-0.15, -0.1) is 0 Å². The van der Waals surface area contributed by atoms with Gasteiger partial charge in [0.1, 0.15) is 11.6 Å². The summed E-state index contributed by atoms with van der Waals surface area (Å²) in [5.74, 6) is -0.813. The Morgan fingerprint density at radius 2 is 1.79 bits per heavy atom. The van der Waals surface area contributed by atoms with E-state index in [9.17, 15) is 13.9 Å². The normalized spacial score (nSPS) is 14.2. The second-order valence-electron chi connectivity index (χ2n) is 5.00. The molecule has 0 aliphatic carbocycles. The SMILES string of the molecule is Cc1ccc(F)cc1CC(C)(O)c1ccccc1F. The first-order chi connectivity index (χ1) is 8.90. The molecule has 0 amide bonds. The monoisotopic (exact) mass is 262 g/mol. The third kappa shape index (κ3) is 2.99. The lowest BCUT2D eigenvalue weighted by Gasteiger charge is -2.25. The highest BCUT2D eigenvalue weighted by atomic mass is 19.1. The Balaban J connectivity index is 2.36. The van der Waals surface area contributed by atoms with Gasteiger partial charge in [0.2, 0.25) is 0 Å². The molecule has 19 heavy (non-hydrogen) atoms. The standard InChI is InChI=1S/C16H16F2O/c1-11-7-8-13(17)9-12(11)10-16(2,19)14-5-3-4-6-15(14)18/h3-9,19H,10H2,1-2H3. The van der Waals surface area contributed by atoms with Crippen LogP contribution in [0.3, 0.4) is 0 Å². The largest absolute Gasteiger partial charge is 0.385 e. The first-order valence-corrected chi connectivity index (χ1v) is 6.12. The van der Waals surface area contributed by atoms with Crippen molar-refractivity contribution in [3.63, 3.8) is 0 Å². The van der Waals surface area contributed by atoms with E-state index in [1.54, 1.807) is 24.3 Å². The lowest BCUT2D eigenvalue weighted by Crippen LogP contribution is -2.26. The molecule has 0 radical (unpaired) electrons. The Hall–Kier alpha value is -1.74. The molecule has 0 fully saturated rings. The molecule has 2 aromatic carbocycles. The molecule has 1 atom stereocenters. The zero-order valence-electron chi connectivity index (χ0n) is 11.0. The van der Waals surface area contributed by atoms with Gasteiger partial charge in [-0.2, -0.15) is 0 Å². The van der Waals surface area contributed by atoms with Gasteiger partial charge in [0.05, 0.1) is 5.60 Å². The number of rotatable bonds is 3. The van der Waals surface area contributed by atoms with Gasteiger partial charge in [-0.3, -0.25) is 0 Å². The average molecular weight is 262 g/mol. The summed E-state index contributed by atoms with van der Waals surface area (Å²) in [4.78, 5) is 0. The molecule has 0 aromatic heterocycles. The maximum absolute atomic E-state index is 13.7. The zero-order valence-corrected chi connectivity index (χ0v) is 11.0. The topological polar surface area (TPSA) is 20.2 Å². The predicted octanol–water partition coefficient (Wildman–Crippen LogP) is 3.72. The van der Waals surface area contributed by atoms with Crippen LogP contribution in [0.2, 0.25) is 0 Å². The summed E-state index contributed by atoms with van der Waals surface area (Å²) in [6.45, 7) is 3.38. The maximum Gasteiger partial charge on any atom is 0.129 e. The lowest BCUT2D eigenvalue weighted by molar-refractivity contribution is 0.0536. The van der Waals surface area contributed by atoms with Gasteiger partial charge in [0.15, 0.2) is 0 Å². The van der Waals surface area contributed by atoms with Gasteiger partial charge in [0, 0.05) is 12.0 Å². The predicted molar refractivity (Wildman–Crippen MR) is 70.8 cm³/mol. The number of benzene rings is 2. The van der Waals surface area contributed by atoms with E-state index in [0.717, 1.165) is 5.56 Å². The van der Waals surface area contributed by atoms with Gasteiger partial charge >= 0.3 is 0 Å². The molecule has 0 saturated heterocycles. The van der Waals surface area contributed by atoms with Gasteiger partial charge in [-0.05, 0) is 43.2 Å². The van der Waals surface area contributed by atoms with E-state index in [1.165, 1.54) is 25.1 Å². The third-order valence-corrected chi connectivity index (χ3v) is 3.30. The van der Waals surface area contributed by atoms with Gasteiger partial charge < -0.3 is 5.11 Å². The molecule has 0 heterocycles. The molecule has 1 nitrogen and oxygen atoms in total. The molecule has 3 heteroatoms. The fraction of sp³-hybridized carbons (Fsp3) is 0.250. The van der Waals surface area contributed by atoms with Crippen LogP contribution in [0.4, 0.5) is 8.78 Å². The van der Waals surface area contributed by atoms with Crippen LogP contribution in [0.25, 0.3) is 0 Å². The summed E-state index contributed by atoms with van der Waals surface area (Å²) in [7, 11) is 0. The Morgan fingerprint density at radius 1 is 1.11 bits per heavy atom. The molecule has 0 aliphatic heterocycles. The summed E-state index contributed by atoms with van der Waals surface area (Å²) in [5, 5.41) is 10.5. The van der Waals surface area contributed by atoms with Crippen molar-refractivity contribution in [3.05, 3.63) is 70.8 Å².